The van der Waals surface area contributed by atoms with Crippen molar-refractivity contribution in [3.63, 3.8) is 0 Å². The zero-order valence-corrected chi connectivity index (χ0v) is 11.9. The largest absolute Gasteiger partial charge is 0.396 e. The van der Waals surface area contributed by atoms with E-state index in [1.165, 1.54) is 25.9 Å². The van der Waals surface area contributed by atoms with E-state index < -0.39 is 0 Å². The summed E-state index contributed by atoms with van der Waals surface area (Å²) in [5.41, 5.74) is 0. The van der Waals surface area contributed by atoms with E-state index in [1.54, 1.807) is 0 Å². The van der Waals surface area contributed by atoms with Gasteiger partial charge in [0, 0.05) is 44.7 Å². The Kier molecular flexibility index (Phi) is 5.82. The van der Waals surface area contributed by atoms with Crippen molar-refractivity contribution in [2.75, 3.05) is 39.8 Å². The highest BCUT2D eigenvalue weighted by atomic mass is 16.3. The predicted octanol–water partition coefficient (Wildman–Crippen LogP) is 0.662. The van der Waals surface area contributed by atoms with Gasteiger partial charge in [0.2, 0.25) is 0 Å². The summed E-state index contributed by atoms with van der Waals surface area (Å²) in [5, 5.41) is 8.87. The number of hydrogen-bond donors (Lipinski definition) is 1. The number of aliphatic hydroxyl groups excluding tert-OH is 1. The van der Waals surface area contributed by atoms with E-state index in [4.69, 9.17) is 5.11 Å². The number of imidazole rings is 1. The van der Waals surface area contributed by atoms with Crippen molar-refractivity contribution in [3.05, 3.63) is 18.7 Å². The summed E-state index contributed by atoms with van der Waals surface area (Å²) >= 11 is 0. The molecule has 2 heterocycles. The summed E-state index contributed by atoms with van der Waals surface area (Å²) in [5.74, 6) is 0. The SMILES string of the molecule is CN(CCCO)C1CCN(CCn2ccnc2)CC1. The second-order valence-corrected chi connectivity index (χ2v) is 5.43. The van der Waals surface area contributed by atoms with Gasteiger partial charge in [-0.15, -0.1) is 0 Å². The summed E-state index contributed by atoms with van der Waals surface area (Å²) in [6.07, 6.45) is 9.11. The molecule has 1 saturated heterocycles. The molecule has 1 fully saturated rings. The van der Waals surface area contributed by atoms with Crippen molar-refractivity contribution < 1.29 is 5.11 Å². The zero-order valence-electron chi connectivity index (χ0n) is 11.9. The topological polar surface area (TPSA) is 44.5 Å². The lowest BCUT2D eigenvalue weighted by atomic mass is 10.0. The first kappa shape index (κ1) is 14.5. The Balaban J connectivity index is 1.64. The summed E-state index contributed by atoms with van der Waals surface area (Å²) in [6.45, 7) is 5.82. The highest BCUT2D eigenvalue weighted by Gasteiger charge is 2.21. The Morgan fingerprint density at radius 1 is 1.32 bits per heavy atom. The zero-order chi connectivity index (χ0) is 13.5. The molecule has 0 aromatic carbocycles. The van der Waals surface area contributed by atoms with Crippen LogP contribution in [0.3, 0.4) is 0 Å². The molecule has 19 heavy (non-hydrogen) atoms. The first-order valence-corrected chi connectivity index (χ1v) is 7.29. The fraction of sp³-hybridized carbons (Fsp3) is 0.786. The van der Waals surface area contributed by atoms with E-state index >= 15 is 0 Å². The van der Waals surface area contributed by atoms with Gasteiger partial charge in [-0.05, 0) is 39.4 Å². The molecular formula is C14H26N4O. The van der Waals surface area contributed by atoms with Gasteiger partial charge in [-0.25, -0.2) is 4.98 Å². The van der Waals surface area contributed by atoms with Crippen molar-refractivity contribution in [2.24, 2.45) is 0 Å². The van der Waals surface area contributed by atoms with E-state index in [1.807, 2.05) is 18.7 Å². The van der Waals surface area contributed by atoms with E-state index in [2.05, 4.69) is 26.4 Å². The van der Waals surface area contributed by atoms with Gasteiger partial charge in [-0.2, -0.15) is 0 Å². The highest BCUT2D eigenvalue weighted by molar-refractivity contribution is 4.79. The van der Waals surface area contributed by atoms with E-state index in [9.17, 15) is 0 Å². The van der Waals surface area contributed by atoms with Gasteiger partial charge in [0.1, 0.15) is 0 Å². The van der Waals surface area contributed by atoms with Crippen LogP contribution in [0.4, 0.5) is 0 Å². The normalized spacial score (nSPS) is 18.3. The lowest BCUT2D eigenvalue weighted by molar-refractivity contribution is 0.119. The summed E-state index contributed by atoms with van der Waals surface area (Å²) < 4.78 is 2.14. The molecule has 1 N–H and O–H groups in total. The molecule has 0 saturated carbocycles. The highest BCUT2D eigenvalue weighted by Crippen LogP contribution is 2.15. The van der Waals surface area contributed by atoms with Gasteiger partial charge < -0.3 is 19.5 Å². The first-order chi connectivity index (χ1) is 9.29. The minimum Gasteiger partial charge on any atom is -0.396 e. The van der Waals surface area contributed by atoms with Gasteiger partial charge >= 0.3 is 0 Å². The third kappa shape index (κ3) is 4.60. The van der Waals surface area contributed by atoms with Gasteiger partial charge in [-0.3, -0.25) is 0 Å². The number of aliphatic hydroxyl groups is 1. The maximum absolute atomic E-state index is 8.87. The van der Waals surface area contributed by atoms with Crippen LogP contribution in [-0.4, -0.2) is 70.3 Å². The molecule has 1 aliphatic heterocycles. The van der Waals surface area contributed by atoms with Crippen LogP contribution in [0.1, 0.15) is 19.3 Å². The maximum atomic E-state index is 8.87. The van der Waals surface area contributed by atoms with Crippen molar-refractivity contribution >= 4 is 0 Å². The Bertz CT molecular complexity index is 333. The smallest absolute Gasteiger partial charge is 0.0946 e. The summed E-state index contributed by atoms with van der Waals surface area (Å²) in [6, 6.07) is 0.691. The fourth-order valence-electron chi connectivity index (χ4n) is 2.76. The first-order valence-electron chi connectivity index (χ1n) is 7.29. The van der Waals surface area contributed by atoms with Crippen molar-refractivity contribution in [3.8, 4) is 0 Å². The van der Waals surface area contributed by atoms with Crippen LogP contribution in [0.15, 0.2) is 18.7 Å². The van der Waals surface area contributed by atoms with Crippen LogP contribution in [0, 0.1) is 0 Å². The molecule has 0 unspecified atom stereocenters. The number of hydrogen-bond acceptors (Lipinski definition) is 4. The van der Waals surface area contributed by atoms with E-state index in [-0.39, 0.29) is 0 Å². The molecule has 0 bridgehead atoms. The molecule has 5 nitrogen and oxygen atoms in total. The van der Waals surface area contributed by atoms with E-state index in [0.717, 1.165) is 26.1 Å². The third-order valence-electron chi connectivity index (χ3n) is 4.08. The molecule has 0 radical (unpaired) electrons. The molecule has 0 atom stereocenters. The van der Waals surface area contributed by atoms with Crippen LogP contribution in [0.25, 0.3) is 0 Å². The second kappa shape index (κ2) is 7.62. The predicted molar refractivity (Wildman–Crippen MR) is 76.0 cm³/mol. The lowest BCUT2D eigenvalue weighted by Crippen LogP contribution is -2.44. The van der Waals surface area contributed by atoms with Crippen LogP contribution >= 0.6 is 0 Å². The van der Waals surface area contributed by atoms with Crippen molar-refractivity contribution in [1.29, 1.82) is 0 Å². The van der Waals surface area contributed by atoms with Gasteiger partial charge in [0.25, 0.3) is 0 Å². The van der Waals surface area contributed by atoms with Crippen LogP contribution in [0.2, 0.25) is 0 Å². The maximum Gasteiger partial charge on any atom is 0.0946 e. The molecule has 1 aromatic heterocycles. The average Bonchev–Trinajstić information content (AvgIpc) is 2.96. The number of nitrogens with zero attached hydrogens (tertiary/aromatic N) is 4. The molecule has 5 heteroatoms. The molecule has 0 spiro atoms. The van der Waals surface area contributed by atoms with E-state index in [0.29, 0.717) is 12.6 Å². The Morgan fingerprint density at radius 3 is 2.74 bits per heavy atom. The fourth-order valence-corrected chi connectivity index (χ4v) is 2.76. The molecule has 1 aliphatic rings. The quantitative estimate of drug-likeness (QED) is 0.787. The van der Waals surface area contributed by atoms with Crippen molar-refractivity contribution in [1.82, 2.24) is 19.4 Å². The number of likely N-dealkylation sites (tertiary alicyclic amines) is 1. The van der Waals surface area contributed by atoms with Crippen molar-refractivity contribution in [2.45, 2.75) is 31.8 Å². The number of rotatable bonds is 7. The van der Waals surface area contributed by atoms with Crippen LogP contribution in [-0.2, 0) is 6.54 Å². The number of piperidine rings is 1. The van der Waals surface area contributed by atoms with Gasteiger partial charge in [0.05, 0.1) is 6.33 Å². The Labute approximate surface area is 115 Å². The standard InChI is InChI=1S/C14H26N4O/c1-16(6-2-12-19)14-3-7-17(8-4-14)10-11-18-9-5-15-13-18/h5,9,13-14,19H,2-4,6-8,10-12H2,1H3. The molecule has 108 valence electrons. The second-order valence-electron chi connectivity index (χ2n) is 5.43. The van der Waals surface area contributed by atoms with Crippen LogP contribution < -0.4 is 0 Å². The molecule has 2 rings (SSSR count). The third-order valence-corrected chi connectivity index (χ3v) is 4.08. The minimum atomic E-state index is 0.300. The molecule has 0 amide bonds. The van der Waals surface area contributed by atoms with Gasteiger partial charge in [-0.1, -0.05) is 0 Å². The average molecular weight is 266 g/mol. The van der Waals surface area contributed by atoms with Crippen LogP contribution in [0.5, 0.6) is 0 Å². The Morgan fingerprint density at radius 2 is 2.11 bits per heavy atom. The summed E-state index contributed by atoms with van der Waals surface area (Å²) in [7, 11) is 2.18. The monoisotopic (exact) mass is 266 g/mol. The van der Waals surface area contributed by atoms with Gasteiger partial charge in [0.15, 0.2) is 0 Å². The Hall–Kier alpha value is -0.910. The summed E-state index contributed by atoms with van der Waals surface area (Å²) in [4.78, 5) is 9.01. The molecular weight excluding hydrogens is 240 g/mol. The molecule has 0 aliphatic carbocycles. The molecule has 1 aromatic rings. The lowest BCUT2D eigenvalue weighted by Gasteiger charge is -2.36. The number of aromatic nitrogens is 2. The minimum absolute atomic E-state index is 0.300.